The summed E-state index contributed by atoms with van der Waals surface area (Å²) in [5.41, 5.74) is 20.1. The molecule has 0 amide bonds. The van der Waals surface area contributed by atoms with Gasteiger partial charge in [-0.3, -0.25) is 0 Å². The number of anilines is 5. The van der Waals surface area contributed by atoms with Gasteiger partial charge in [-0.05, 0) is 110 Å². The Bertz CT molecular complexity index is 3560. The summed E-state index contributed by atoms with van der Waals surface area (Å²) in [6, 6.07) is 58.6. The summed E-state index contributed by atoms with van der Waals surface area (Å²) in [6.45, 7) is 20.5. The van der Waals surface area contributed by atoms with E-state index < -0.39 is 0 Å². The van der Waals surface area contributed by atoms with Crippen molar-refractivity contribution >= 4 is 90.1 Å². The highest BCUT2D eigenvalue weighted by Gasteiger charge is 2.48. The smallest absolute Gasteiger partial charge is 0.333 e. The van der Waals surface area contributed by atoms with Crippen LogP contribution >= 0.6 is 0 Å². The fraction of sp³-hybridized carbons (Fsp3) is 0.200. The van der Waals surface area contributed by atoms with E-state index in [2.05, 4.69) is 230 Å². The number of hydrogen-bond acceptors (Lipinski definition) is 4. The van der Waals surface area contributed by atoms with Gasteiger partial charge in [0.2, 0.25) is 0 Å². The number of para-hydroxylation sites is 2. The maximum atomic E-state index is 7.21. The van der Waals surface area contributed by atoms with Crippen molar-refractivity contribution in [3.8, 4) is 22.3 Å². The molecule has 0 spiro atoms. The molecule has 2 aromatic heterocycles. The zero-order chi connectivity index (χ0) is 44.7. The molecule has 0 unspecified atom stereocenters. The quantitative estimate of drug-likeness (QED) is 0.166. The summed E-state index contributed by atoms with van der Waals surface area (Å²) < 4.78 is 13.9. The number of rotatable bonds is 3. The molecule has 10 aromatic rings. The summed E-state index contributed by atoms with van der Waals surface area (Å²) in [6.07, 6.45) is 0. The lowest BCUT2D eigenvalue weighted by molar-refractivity contribution is 0.590. The van der Waals surface area contributed by atoms with Crippen molar-refractivity contribution in [1.29, 1.82) is 0 Å². The fourth-order valence-electron chi connectivity index (χ4n) is 10.6. The Morgan fingerprint density at radius 1 is 0.415 bits per heavy atom. The molecular weight excluding hydrogens is 791 g/mol. The standard InChI is InChI=1S/C60H53BN2O2/c1-58(2,3)37-23-27-40(28-24-37)63-51-35-54-45(41-19-13-15-21-52(41)64-54)33-44(51)46-34-47-42-20-14-16-22-53(42)65-57(47)56-55(46)61(63)48-32-39(60(7,8)9)26-30-50(48)62(56)49-29-25-38(59(4,5)6)31-43(49)36-17-11-10-12-18-36/h10-35H,1-9H3. The highest BCUT2D eigenvalue weighted by molar-refractivity contribution is 6.94. The van der Waals surface area contributed by atoms with Crippen LogP contribution in [0.25, 0.3) is 66.1 Å². The predicted octanol–water partition coefficient (Wildman–Crippen LogP) is 15.8. The van der Waals surface area contributed by atoms with E-state index in [-0.39, 0.29) is 23.1 Å². The molecule has 0 atom stereocenters. The van der Waals surface area contributed by atoms with Crippen LogP contribution in [0.3, 0.4) is 0 Å². The van der Waals surface area contributed by atoms with Gasteiger partial charge >= 0.3 is 6.85 Å². The minimum atomic E-state index is -0.213. The zero-order valence-electron chi connectivity index (χ0n) is 38.8. The maximum absolute atomic E-state index is 7.21. The van der Waals surface area contributed by atoms with Crippen LogP contribution in [0.1, 0.15) is 79.0 Å². The van der Waals surface area contributed by atoms with E-state index >= 15 is 0 Å². The lowest BCUT2D eigenvalue weighted by atomic mass is 9.43. The second kappa shape index (κ2) is 13.8. The van der Waals surface area contributed by atoms with Gasteiger partial charge in [-0.2, -0.15) is 0 Å². The molecule has 0 radical (unpaired) electrons. The highest BCUT2D eigenvalue weighted by Crippen LogP contribution is 2.53. The molecule has 0 aliphatic carbocycles. The molecule has 12 rings (SSSR count). The van der Waals surface area contributed by atoms with E-state index in [1.807, 2.05) is 0 Å². The first-order valence-corrected chi connectivity index (χ1v) is 23.1. The first-order valence-electron chi connectivity index (χ1n) is 23.1. The molecule has 0 N–H and O–H groups in total. The van der Waals surface area contributed by atoms with Gasteiger partial charge in [-0.25, -0.2) is 0 Å². The Kier molecular flexibility index (Phi) is 8.39. The van der Waals surface area contributed by atoms with Crippen molar-refractivity contribution in [2.24, 2.45) is 0 Å². The van der Waals surface area contributed by atoms with Crippen molar-refractivity contribution in [3.05, 3.63) is 174 Å². The number of hydrogen-bond donors (Lipinski definition) is 0. The molecule has 4 heterocycles. The monoisotopic (exact) mass is 844 g/mol. The van der Waals surface area contributed by atoms with E-state index in [4.69, 9.17) is 8.83 Å². The number of nitrogens with zero attached hydrogens (tertiary/aromatic N) is 2. The average Bonchev–Trinajstić information content (AvgIpc) is 3.85. The van der Waals surface area contributed by atoms with E-state index in [1.165, 1.54) is 49.9 Å². The Morgan fingerprint density at radius 3 is 1.66 bits per heavy atom. The fourth-order valence-corrected chi connectivity index (χ4v) is 10.6. The van der Waals surface area contributed by atoms with Crippen LogP contribution in [0, 0.1) is 0 Å². The molecule has 0 fully saturated rings. The summed E-state index contributed by atoms with van der Waals surface area (Å²) in [4.78, 5) is 5.15. The van der Waals surface area contributed by atoms with Gasteiger partial charge in [0, 0.05) is 55.8 Å². The van der Waals surface area contributed by atoms with Crippen LogP contribution < -0.4 is 20.6 Å². The van der Waals surface area contributed by atoms with Gasteiger partial charge in [0.15, 0.2) is 5.58 Å². The van der Waals surface area contributed by atoms with Crippen LogP contribution in [0.5, 0.6) is 0 Å². The third-order valence-electron chi connectivity index (χ3n) is 14.1. The summed E-state index contributed by atoms with van der Waals surface area (Å²) >= 11 is 0. The molecule has 5 heteroatoms. The minimum absolute atomic E-state index is 0.00396. The Labute approximate surface area is 382 Å². The van der Waals surface area contributed by atoms with Crippen molar-refractivity contribution in [1.82, 2.24) is 0 Å². The number of benzene rings is 8. The minimum Gasteiger partial charge on any atom is -0.456 e. The molecule has 2 aliphatic rings. The normalized spacial score (nSPS) is 13.8. The highest BCUT2D eigenvalue weighted by atomic mass is 16.3. The third kappa shape index (κ3) is 6.04. The molecule has 4 nitrogen and oxygen atoms in total. The van der Waals surface area contributed by atoms with E-state index in [9.17, 15) is 0 Å². The summed E-state index contributed by atoms with van der Waals surface area (Å²) in [5.74, 6) is 0. The first kappa shape index (κ1) is 39.6. The molecule has 0 bridgehead atoms. The van der Waals surface area contributed by atoms with E-state index in [0.717, 1.165) is 72.3 Å². The van der Waals surface area contributed by atoms with Gasteiger partial charge in [0.1, 0.15) is 16.7 Å². The second-order valence-corrected chi connectivity index (χ2v) is 21.4. The Hall–Kier alpha value is -6.98. The number of fused-ring (bicyclic) bond motifs is 11. The first-order chi connectivity index (χ1) is 31.1. The van der Waals surface area contributed by atoms with Gasteiger partial charge in [-0.15, -0.1) is 0 Å². The molecule has 0 saturated carbocycles. The van der Waals surface area contributed by atoms with Crippen molar-refractivity contribution in [2.45, 2.75) is 78.6 Å². The number of furan rings is 2. The molecule has 0 saturated heterocycles. The van der Waals surface area contributed by atoms with Crippen LogP contribution in [0.2, 0.25) is 0 Å². The Balaban J connectivity index is 1.27. The van der Waals surface area contributed by atoms with Crippen molar-refractivity contribution in [3.63, 3.8) is 0 Å². The van der Waals surface area contributed by atoms with Crippen LogP contribution in [-0.2, 0) is 16.2 Å². The molecule has 318 valence electrons. The second-order valence-electron chi connectivity index (χ2n) is 21.4. The van der Waals surface area contributed by atoms with Crippen molar-refractivity contribution < 1.29 is 8.83 Å². The van der Waals surface area contributed by atoms with Crippen LogP contribution in [0.4, 0.5) is 28.4 Å². The Morgan fingerprint density at radius 2 is 0.985 bits per heavy atom. The van der Waals surface area contributed by atoms with Gasteiger partial charge in [-0.1, -0.05) is 159 Å². The molecule has 65 heavy (non-hydrogen) atoms. The SMILES string of the molecule is CC(C)(C)c1ccc(N2B3c4cc(C(C)(C)C)ccc4N(c4ccc(C(C)(C)C)cc4-c4ccccc4)c4c3c(cc3c4oc4ccccc43)-c3cc4c(cc32)oc2ccccc24)cc1. The van der Waals surface area contributed by atoms with Gasteiger partial charge in [0.05, 0.1) is 11.4 Å². The largest absolute Gasteiger partial charge is 0.456 e. The average molecular weight is 845 g/mol. The summed E-state index contributed by atoms with van der Waals surface area (Å²) in [5, 5.41) is 4.44. The lowest BCUT2D eigenvalue weighted by Gasteiger charge is -2.46. The van der Waals surface area contributed by atoms with E-state index in [0.29, 0.717) is 0 Å². The lowest BCUT2D eigenvalue weighted by Crippen LogP contribution is -2.61. The molecular formula is C60H53BN2O2. The van der Waals surface area contributed by atoms with Gasteiger partial charge in [0.25, 0.3) is 0 Å². The van der Waals surface area contributed by atoms with E-state index in [1.54, 1.807) is 0 Å². The molecule has 8 aromatic carbocycles. The van der Waals surface area contributed by atoms with Crippen molar-refractivity contribution in [2.75, 3.05) is 9.71 Å². The topological polar surface area (TPSA) is 32.8 Å². The predicted molar refractivity (Wildman–Crippen MR) is 276 cm³/mol. The maximum Gasteiger partial charge on any atom is 0.333 e. The zero-order valence-corrected chi connectivity index (χ0v) is 38.8. The summed E-state index contributed by atoms with van der Waals surface area (Å²) in [7, 11) is 0. The van der Waals surface area contributed by atoms with Crippen LogP contribution in [-0.4, -0.2) is 6.85 Å². The van der Waals surface area contributed by atoms with Crippen LogP contribution in [0.15, 0.2) is 167 Å². The molecule has 2 aliphatic heterocycles. The van der Waals surface area contributed by atoms with Gasteiger partial charge < -0.3 is 18.5 Å². The third-order valence-corrected chi connectivity index (χ3v) is 14.1.